The number of fused-ring (bicyclic) bond motifs is 2. The molecule has 0 aliphatic carbocycles. The molecule has 0 spiro atoms. The zero-order chi connectivity index (χ0) is 45.5. The van der Waals surface area contributed by atoms with Crippen LogP contribution in [-0.2, 0) is 19.1 Å². The summed E-state index contributed by atoms with van der Waals surface area (Å²) in [6.45, 7) is 7.50. The molecule has 14 nitrogen and oxygen atoms in total. The second-order valence-corrected chi connectivity index (χ2v) is 16.1. The molecule has 2 atom stereocenters. The number of carbonyl (C=O) groups excluding carboxylic acids is 2. The molecular weight excluding hydrogens is 825 g/mol. The zero-order valence-electron chi connectivity index (χ0n) is 36.5. The topological polar surface area (TPSA) is 170 Å². The minimum Gasteiger partial charge on any atom is -0.491 e. The fraction of sp³-hybridized carbons (Fsp3) is 0.216. The van der Waals surface area contributed by atoms with Crippen molar-refractivity contribution in [2.24, 2.45) is 0 Å². The number of carbonyl (C=O) groups is 2. The summed E-state index contributed by atoms with van der Waals surface area (Å²) in [5.41, 5.74) is 11.1. The van der Waals surface area contributed by atoms with Crippen molar-refractivity contribution in [1.29, 1.82) is 0 Å². The first kappa shape index (κ1) is 44.3. The number of nitrogens with one attached hydrogen (secondary N) is 2. The summed E-state index contributed by atoms with van der Waals surface area (Å²) < 4.78 is 26.7. The Balaban J connectivity index is 0.000000178. The summed E-state index contributed by atoms with van der Waals surface area (Å²) in [5.74, 6) is 0.666. The molecule has 0 radical (unpaired) electrons. The SMILES string of the molecule is CC(=O)Nc1cccc(-c2cnc3cc(-c4ccc(OCC(O)CO)cc4)ccn23)c1.CC(=O)Nc1cccc(-c2cnc3cc(-c4ccc(OCC5COC(C)(C)O5)cc4)ccn23)c1. The molecule has 1 aliphatic rings. The highest BCUT2D eigenvalue weighted by molar-refractivity contribution is 5.90. The summed E-state index contributed by atoms with van der Waals surface area (Å²) >= 11 is 0. The van der Waals surface area contributed by atoms with Crippen LogP contribution < -0.4 is 20.1 Å². The van der Waals surface area contributed by atoms with E-state index in [2.05, 4.69) is 32.7 Å². The molecule has 8 aromatic rings. The van der Waals surface area contributed by atoms with Crippen LogP contribution in [0.5, 0.6) is 11.5 Å². The number of aromatic nitrogens is 4. The van der Waals surface area contributed by atoms with Gasteiger partial charge in [0.25, 0.3) is 0 Å². The first-order valence-corrected chi connectivity index (χ1v) is 21.2. The number of hydrogen-bond acceptors (Lipinski definition) is 10. The Morgan fingerprint density at radius 3 is 1.63 bits per heavy atom. The van der Waals surface area contributed by atoms with Gasteiger partial charge in [0.1, 0.15) is 48.2 Å². The highest BCUT2D eigenvalue weighted by Gasteiger charge is 2.33. The van der Waals surface area contributed by atoms with Crippen LogP contribution in [0.4, 0.5) is 11.4 Å². The molecule has 4 N–H and O–H groups in total. The van der Waals surface area contributed by atoms with E-state index in [9.17, 15) is 14.7 Å². The first-order valence-electron chi connectivity index (χ1n) is 21.2. The van der Waals surface area contributed by atoms with Crippen molar-refractivity contribution in [1.82, 2.24) is 18.8 Å². The van der Waals surface area contributed by atoms with Gasteiger partial charge in [0, 0.05) is 48.7 Å². The molecule has 2 amide bonds. The minimum absolute atomic E-state index is 0.0434. The van der Waals surface area contributed by atoms with Crippen LogP contribution in [0.1, 0.15) is 27.7 Å². The van der Waals surface area contributed by atoms with Gasteiger partial charge < -0.3 is 39.8 Å². The van der Waals surface area contributed by atoms with E-state index < -0.39 is 11.9 Å². The Kier molecular flexibility index (Phi) is 13.3. The average molecular weight is 875 g/mol. The standard InChI is InChI=1S/C27H27N3O4.C24H23N3O4/c1-18(31)29-22-6-4-5-21(13-22)25-15-28-26-14-20(11-12-30(25)26)19-7-9-23(10-8-19)32-16-24-17-33-27(2,3)34-24;1-16(29)26-20-4-2-3-19(11-20)23-13-25-24-12-18(9-10-27(23)24)17-5-7-22(8-6-17)31-15-21(30)14-28/h4-15,24H,16-17H2,1-3H3,(H,29,31);2-13,21,28,30H,14-15H2,1H3,(H,26,29). The number of nitrogens with zero attached hydrogens (tertiary/aromatic N) is 4. The first-order chi connectivity index (χ1) is 31.4. The van der Waals surface area contributed by atoms with E-state index in [4.69, 9.17) is 24.1 Å². The van der Waals surface area contributed by atoms with Crippen LogP contribution in [0.25, 0.3) is 56.1 Å². The minimum atomic E-state index is -0.893. The summed E-state index contributed by atoms with van der Waals surface area (Å²) in [6, 6.07) is 39.1. The third-order valence-corrected chi connectivity index (χ3v) is 10.5. The maximum atomic E-state index is 11.4. The number of pyridine rings is 2. The second kappa shape index (κ2) is 19.6. The fourth-order valence-electron chi connectivity index (χ4n) is 7.43. The monoisotopic (exact) mass is 874 g/mol. The van der Waals surface area contributed by atoms with E-state index in [-0.39, 0.29) is 31.1 Å². The van der Waals surface area contributed by atoms with Gasteiger partial charge in [-0.15, -0.1) is 0 Å². The lowest BCUT2D eigenvalue weighted by Crippen LogP contribution is -2.25. The van der Waals surface area contributed by atoms with Crippen molar-refractivity contribution in [2.45, 2.75) is 45.7 Å². The molecule has 2 unspecified atom stereocenters. The van der Waals surface area contributed by atoms with Crippen molar-refractivity contribution in [2.75, 3.05) is 37.1 Å². The van der Waals surface area contributed by atoms with Gasteiger partial charge in [-0.25, -0.2) is 9.97 Å². The third-order valence-electron chi connectivity index (χ3n) is 10.5. The molecule has 0 bridgehead atoms. The van der Waals surface area contributed by atoms with Gasteiger partial charge in [-0.1, -0.05) is 48.5 Å². The summed E-state index contributed by atoms with van der Waals surface area (Å²) in [5, 5.41) is 23.9. The number of aliphatic hydroxyl groups excluding tert-OH is 2. The second-order valence-electron chi connectivity index (χ2n) is 16.1. The van der Waals surface area contributed by atoms with Crippen molar-refractivity contribution in [3.05, 3.63) is 146 Å². The number of rotatable bonds is 13. The van der Waals surface area contributed by atoms with Crippen LogP contribution in [0, 0.1) is 0 Å². The maximum absolute atomic E-state index is 11.4. The molecule has 4 aromatic carbocycles. The lowest BCUT2D eigenvalue weighted by molar-refractivity contribution is -0.141. The van der Waals surface area contributed by atoms with Crippen molar-refractivity contribution < 1.29 is 38.7 Å². The molecule has 5 heterocycles. The van der Waals surface area contributed by atoms with Crippen LogP contribution >= 0.6 is 0 Å². The van der Waals surface area contributed by atoms with Crippen molar-refractivity contribution in [3.8, 4) is 56.3 Å². The summed E-state index contributed by atoms with van der Waals surface area (Å²) in [7, 11) is 0. The number of benzene rings is 4. The van der Waals surface area contributed by atoms with E-state index in [1.165, 1.54) is 13.8 Å². The molecule has 1 aliphatic heterocycles. The van der Waals surface area contributed by atoms with Crippen LogP contribution in [0.2, 0.25) is 0 Å². The fourth-order valence-corrected chi connectivity index (χ4v) is 7.43. The molecular formula is C51H50N6O8. The van der Waals surface area contributed by atoms with Crippen molar-refractivity contribution in [3.63, 3.8) is 0 Å². The van der Waals surface area contributed by atoms with E-state index >= 15 is 0 Å². The number of aliphatic hydroxyl groups is 2. The van der Waals surface area contributed by atoms with Gasteiger partial charge in [0.15, 0.2) is 5.79 Å². The largest absolute Gasteiger partial charge is 0.491 e. The van der Waals surface area contributed by atoms with E-state index in [1.807, 2.05) is 157 Å². The van der Waals surface area contributed by atoms with Gasteiger partial charge in [-0.2, -0.15) is 0 Å². The predicted molar refractivity (Wildman–Crippen MR) is 250 cm³/mol. The Morgan fingerprint density at radius 1 is 0.692 bits per heavy atom. The van der Waals surface area contributed by atoms with Gasteiger partial charge in [-0.3, -0.25) is 18.4 Å². The van der Waals surface area contributed by atoms with Gasteiger partial charge >= 0.3 is 0 Å². The van der Waals surface area contributed by atoms with E-state index in [1.54, 1.807) is 0 Å². The number of anilines is 2. The third kappa shape index (κ3) is 11.1. The molecule has 14 heteroatoms. The van der Waals surface area contributed by atoms with Crippen LogP contribution in [0.3, 0.4) is 0 Å². The quantitative estimate of drug-likeness (QED) is 0.0881. The summed E-state index contributed by atoms with van der Waals surface area (Å²) in [6.07, 6.45) is 6.69. The molecule has 1 saturated heterocycles. The molecule has 9 rings (SSSR count). The molecule has 0 saturated carbocycles. The highest BCUT2D eigenvalue weighted by atomic mass is 16.7. The lowest BCUT2D eigenvalue weighted by atomic mass is 10.1. The number of ether oxygens (including phenoxy) is 4. The smallest absolute Gasteiger partial charge is 0.221 e. The normalized spacial score (nSPS) is 14.6. The van der Waals surface area contributed by atoms with Gasteiger partial charge in [0.05, 0.1) is 37.0 Å². The number of imidazole rings is 2. The molecule has 4 aromatic heterocycles. The lowest BCUT2D eigenvalue weighted by Gasteiger charge is -2.17. The highest BCUT2D eigenvalue weighted by Crippen LogP contribution is 2.30. The van der Waals surface area contributed by atoms with Crippen LogP contribution in [-0.4, -0.2) is 85.2 Å². The Morgan fingerprint density at radius 2 is 1.18 bits per heavy atom. The Hall–Kier alpha value is -7.36. The number of amides is 2. The molecule has 65 heavy (non-hydrogen) atoms. The van der Waals surface area contributed by atoms with Gasteiger partial charge in [-0.05, 0) is 109 Å². The van der Waals surface area contributed by atoms with Gasteiger partial charge in [0.2, 0.25) is 11.8 Å². The van der Waals surface area contributed by atoms with Crippen molar-refractivity contribution >= 4 is 34.5 Å². The molecule has 1 fully saturated rings. The number of hydrogen-bond donors (Lipinski definition) is 4. The predicted octanol–water partition coefficient (Wildman–Crippen LogP) is 8.52. The van der Waals surface area contributed by atoms with Crippen LogP contribution in [0.15, 0.2) is 146 Å². The Bertz CT molecular complexity index is 2930. The average Bonchev–Trinajstić information content (AvgIpc) is 4.03. The maximum Gasteiger partial charge on any atom is 0.221 e. The molecule has 332 valence electrons. The summed E-state index contributed by atoms with van der Waals surface area (Å²) in [4.78, 5) is 31.9. The Labute approximate surface area is 376 Å². The van der Waals surface area contributed by atoms with E-state index in [0.717, 1.165) is 73.2 Å². The zero-order valence-corrected chi connectivity index (χ0v) is 36.5. The van der Waals surface area contributed by atoms with E-state index in [0.29, 0.717) is 19.0 Å².